The van der Waals surface area contributed by atoms with E-state index in [0.29, 0.717) is 0 Å². The normalized spacial score (nSPS) is 12.1. The molecule has 0 aliphatic carbocycles. The van der Waals surface area contributed by atoms with Crippen molar-refractivity contribution in [3.63, 3.8) is 0 Å². The molecule has 5 heterocycles. The zero-order chi connectivity index (χ0) is 37.9. The molecule has 58 heavy (non-hydrogen) atoms. The van der Waals surface area contributed by atoms with Gasteiger partial charge >= 0.3 is 0 Å². The molecule has 270 valence electrons. The van der Waals surface area contributed by atoms with Gasteiger partial charge in [0.15, 0.2) is 0 Å². The van der Waals surface area contributed by atoms with E-state index in [1.165, 1.54) is 30.9 Å². The molecule has 0 unspecified atom stereocenters. The van der Waals surface area contributed by atoms with Crippen LogP contribution in [-0.4, -0.2) is 9.55 Å². The van der Waals surface area contributed by atoms with Crippen LogP contribution in [0.25, 0.3) is 125 Å². The molecule has 0 radical (unpaired) electrons. The number of rotatable bonds is 4. The number of furan rings is 2. The van der Waals surface area contributed by atoms with E-state index in [1.807, 2.05) is 23.5 Å². The van der Waals surface area contributed by atoms with Crippen molar-refractivity contribution in [1.29, 1.82) is 0 Å². The molecule has 0 bridgehead atoms. The predicted octanol–water partition coefficient (Wildman–Crippen LogP) is 15.3. The lowest BCUT2D eigenvalue weighted by Crippen LogP contribution is -2.00. The highest BCUT2D eigenvalue weighted by atomic mass is 32.1. The second-order valence-corrected chi connectivity index (χ2v) is 16.2. The molecule has 4 nitrogen and oxygen atoms in total. The average molecular weight is 759 g/mol. The Morgan fingerprint density at radius 2 is 1.00 bits per heavy atom. The Labute approximate surface area is 335 Å². The number of thiophene rings is 1. The molecule has 0 spiro atoms. The summed E-state index contributed by atoms with van der Waals surface area (Å²) in [5.41, 5.74) is 12.3. The van der Waals surface area contributed by atoms with Crippen LogP contribution < -0.4 is 0 Å². The first-order valence-electron chi connectivity index (χ1n) is 19.5. The van der Waals surface area contributed by atoms with Crippen molar-refractivity contribution in [2.45, 2.75) is 0 Å². The molecule has 0 N–H and O–H groups in total. The Kier molecular flexibility index (Phi) is 6.57. The van der Waals surface area contributed by atoms with Crippen molar-refractivity contribution in [3.05, 3.63) is 182 Å². The number of fused-ring (bicyclic) bond motifs is 13. The molecule has 13 aromatic rings. The van der Waals surface area contributed by atoms with Crippen molar-refractivity contribution in [2.24, 2.45) is 0 Å². The fourth-order valence-corrected chi connectivity index (χ4v) is 10.2. The number of aromatic nitrogens is 2. The molecule has 0 saturated carbocycles. The first kappa shape index (κ1) is 31.7. The van der Waals surface area contributed by atoms with E-state index in [1.54, 1.807) is 0 Å². The Balaban J connectivity index is 1.02. The van der Waals surface area contributed by atoms with Gasteiger partial charge in [-0.15, -0.1) is 11.3 Å². The van der Waals surface area contributed by atoms with Crippen LogP contribution in [0.2, 0.25) is 0 Å². The van der Waals surface area contributed by atoms with Gasteiger partial charge in [0.1, 0.15) is 28.1 Å². The van der Waals surface area contributed by atoms with Crippen molar-refractivity contribution in [3.8, 4) is 39.3 Å². The van der Waals surface area contributed by atoms with Crippen molar-refractivity contribution in [1.82, 2.24) is 9.55 Å². The van der Waals surface area contributed by atoms with Crippen LogP contribution >= 0.6 is 11.3 Å². The van der Waals surface area contributed by atoms with Gasteiger partial charge in [0.05, 0.1) is 16.7 Å². The van der Waals surface area contributed by atoms with Gasteiger partial charge in [0.2, 0.25) is 0 Å². The topological polar surface area (TPSA) is 44.1 Å². The molecule has 0 aliphatic heterocycles. The van der Waals surface area contributed by atoms with Crippen LogP contribution in [0.3, 0.4) is 0 Å². The quantitative estimate of drug-likeness (QED) is 0.180. The molecule has 5 heteroatoms. The number of benzene rings is 8. The summed E-state index contributed by atoms with van der Waals surface area (Å²) >= 11 is 1.83. The summed E-state index contributed by atoms with van der Waals surface area (Å²) in [6, 6.07) is 64.8. The van der Waals surface area contributed by atoms with Gasteiger partial charge in [0, 0.05) is 58.1 Å². The van der Waals surface area contributed by atoms with E-state index in [-0.39, 0.29) is 0 Å². The third-order valence-corrected chi connectivity index (χ3v) is 12.9. The highest BCUT2D eigenvalue weighted by molar-refractivity contribution is 7.26. The summed E-state index contributed by atoms with van der Waals surface area (Å²) in [5.74, 6) is 0.866. The average Bonchev–Trinajstić information content (AvgIpc) is 4.04. The van der Waals surface area contributed by atoms with Gasteiger partial charge in [-0.1, -0.05) is 97.1 Å². The molecule has 13 rings (SSSR count). The molecular formula is C53H30N2O2S. The maximum Gasteiger partial charge on any atom is 0.138 e. The molecule has 0 amide bonds. The third kappa shape index (κ3) is 4.65. The van der Waals surface area contributed by atoms with Gasteiger partial charge in [0.25, 0.3) is 0 Å². The monoisotopic (exact) mass is 758 g/mol. The SMILES string of the molecule is c1ccc(-c2cc(-c3ccc4oc5ccc6sc7ccccc7c6c5c4c3)nc(-n3c4ccccc4c4cc(-c5ccc6oc7ccccc7c6c5)ccc43)c2)cc1. The third-order valence-electron chi connectivity index (χ3n) is 11.8. The summed E-state index contributed by atoms with van der Waals surface area (Å²) in [5, 5.41) is 9.38. The van der Waals surface area contributed by atoms with Gasteiger partial charge in [-0.2, -0.15) is 0 Å². The van der Waals surface area contributed by atoms with Crippen LogP contribution in [0, 0.1) is 0 Å². The lowest BCUT2D eigenvalue weighted by atomic mass is 10.0. The minimum Gasteiger partial charge on any atom is -0.456 e. The van der Waals surface area contributed by atoms with Crippen molar-refractivity contribution in [2.75, 3.05) is 0 Å². The Bertz CT molecular complexity index is 3810. The lowest BCUT2D eigenvalue weighted by Gasteiger charge is -2.13. The first-order chi connectivity index (χ1) is 28.7. The standard InChI is InChI=1S/C53H30N2O2S/c1-2-10-31(11-3-1)35-29-42(34-20-23-47-41(28-34)52-48(57-47)24-25-50-53(52)38-14-6-9-17-49(38)58-50)54-51(30-35)55-43-15-7-4-12-36(43)39-26-32(18-21-44(39)55)33-19-22-46-40(27-33)37-13-5-8-16-45(37)56-46/h1-30H. The molecule has 0 atom stereocenters. The van der Waals surface area contributed by atoms with Crippen LogP contribution in [0.15, 0.2) is 191 Å². The molecular weight excluding hydrogens is 729 g/mol. The number of pyridine rings is 1. The maximum absolute atomic E-state index is 6.49. The predicted molar refractivity (Wildman–Crippen MR) is 242 cm³/mol. The Morgan fingerprint density at radius 1 is 0.362 bits per heavy atom. The molecule has 0 saturated heterocycles. The first-order valence-corrected chi connectivity index (χ1v) is 20.3. The zero-order valence-corrected chi connectivity index (χ0v) is 31.8. The summed E-state index contributed by atoms with van der Waals surface area (Å²) in [4.78, 5) is 5.51. The second-order valence-electron chi connectivity index (χ2n) is 15.1. The Morgan fingerprint density at radius 3 is 1.90 bits per heavy atom. The zero-order valence-electron chi connectivity index (χ0n) is 30.9. The number of para-hydroxylation sites is 2. The molecule has 0 fully saturated rings. The highest BCUT2D eigenvalue weighted by Gasteiger charge is 2.19. The smallest absolute Gasteiger partial charge is 0.138 e. The highest BCUT2D eigenvalue weighted by Crippen LogP contribution is 2.44. The number of hydrogen-bond donors (Lipinski definition) is 0. The minimum absolute atomic E-state index is 0.866. The molecule has 8 aromatic carbocycles. The molecule has 0 aliphatic rings. The largest absolute Gasteiger partial charge is 0.456 e. The maximum atomic E-state index is 6.49. The van der Waals surface area contributed by atoms with Gasteiger partial charge in [-0.3, -0.25) is 4.57 Å². The summed E-state index contributed by atoms with van der Waals surface area (Å²) < 4.78 is 17.5. The van der Waals surface area contributed by atoms with E-state index in [2.05, 4.69) is 174 Å². The van der Waals surface area contributed by atoms with Gasteiger partial charge < -0.3 is 8.83 Å². The lowest BCUT2D eigenvalue weighted by molar-refractivity contribution is 0.668. The summed E-state index contributed by atoms with van der Waals surface area (Å²) in [6.07, 6.45) is 0. The summed E-state index contributed by atoms with van der Waals surface area (Å²) in [7, 11) is 0. The van der Waals surface area contributed by atoms with E-state index in [4.69, 9.17) is 13.8 Å². The second kappa shape index (κ2) is 12.0. The minimum atomic E-state index is 0.866. The van der Waals surface area contributed by atoms with Crippen molar-refractivity contribution < 1.29 is 8.83 Å². The fourth-order valence-electron chi connectivity index (χ4n) is 9.12. The van der Waals surface area contributed by atoms with Crippen LogP contribution in [0.4, 0.5) is 0 Å². The van der Waals surface area contributed by atoms with Gasteiger partial charge in [-0.05, 0) is 107 Å². The summed E-state index contributed by atoms with van der Waals surface area (Å²) in [6.45, 7) is 0. The number of hydrogen-bond acceptors (Lipinski definition) is 4. The number of nitrogens with zero attached hydrogens (tertiary/aromatic N) is 2. The molecule has 5 aromatic heterocycles. The van der Waals surface area contributed by atoms with E-state index < -0.39 is 0 Å². The van der Waals surface area contributed by atoms with Crippen LogP contribution in [0.1, 0.15) is 0 Å². The van der Waals surface area contributed by atoms with E-state index in [9.17, 15) is 0 Å². The fraction of sp³-hybridized carbons (Fsp3) is 0. The van der Waals surface area contributed by atoms with E-state index >= 15 is 0 Å². The van der Waals surface area contributed by atoms with Crippen LogP contribution in [0.5, 0.6) is 0 Å². The Hall–Kier alpha value is -7.47. The van der Waals surface area contributed by atoms with Gasteiger partial charge in [-0.25, -0.2) is 4.98 Å². The van der Waals surface area contributed by atoms with Crippen molar-refractivity contribution >= 4 is 97.2 Å². The van der Waals surface area contributed by atoms with Crippen LogP contribution in [-0.2, 0) is 0 Å². The van der Waals surface area contributed by atoms with E-state index in [0.717, 1.165) is 94.2 Å².